The summed E-state index contributed by atoms with van der Waals surface area (Å²) < 4.78 is 57.2. The number of sulfonamides is 2. The fraction of sp³-hybridized carbons (Fsp3) is 0.150. The molecule has 5 rings (SSSR count). The van der Waals surface area contributed by atoms with Gasteiger partial charge in [-0.1, -0.05) is 114 Å². The summed E-state index contributed by atoms with van der Waals surface area (Å²) in [5.74, 6) is 11.5. The van der Waals surface area contributed by atoms with Gasteiger partial charge in [-0.3, -0.25) is 0 Å². The van der Waals surface area contributed by atoms with Gasteiger partial charge in [0.25, 0.3) is 0 Å². The van der Waals surface area contributed by atoms with Crippen molar-refractivity contribution in [1.29, 1.82) is 0 Å². The largest absolute Gasteiger partial charge is 0.244 e. The van der Waals surface area contributed by atoms with E-state index in [1.165, 1.54) is 8.61 Å². The van der Waals surface area contributed by atoms with E-state index >= 15 is 0 Å². The second kappa shape index (κ2) is 14.7. The van der Waals surface area contributed by atoms with E-state index in [4.69, 9.17) is 12.8 Å². The fourth-order valence-corrected chi connectivity index (χ4v) is 7.92. The third-order valence-electron chi connectivity index (χ3n) is 7.90. The lowest BCUT2D eigenvalue weighted by molar-refractivity contribution is 0.442. The lowest BCUT2D eigenvalue weighted by Gasteiger charge is -2.21. The fourth-order valence-electron chi connectivity index (χ4n) is 5.26. The van der Waals surface area contributed by atoms with Gasteiger partial charge in [0, 0.05) is 24.2 Å². The van der Waals surface area contributed by atoms with Gasteiger partial charge >= 0.3 is 0 Å². The van der Waals surface area contributed by atoms with Crippen molar-refractivity contribution in [1.82, 2.24) is 8.61 Å². The van der Waals surface area contributed by atoms with Crippen LogP contribution in [0.4, 0.5) is 0 Å². The third kappa shape index (κ3) is 7.53. The molecule has 5 aromatic rings. The Labute approximate surface area is 284 Å². The van der Waals surface area contributed by atoms with Crippen LogP contribution >= 0.6 is 0 Å². The van der Waals surface area contributed by atoms with Crippen molar-refractivity contribution in [3.8, 4) is 36.5 Å². The SMILES string of the molecule is C#CCN(Cc1ccccc1C#Cc1c(CN(CC#C)S(=O)(=O)c2ccc(C)cc2)ccc2ccccc12)S(=O)(=O)c1ccc(C)cc1. The van der Waals surface area contributed by atoms with E-state index in [0.29, 0.717) is 22.3 Å². The van der Waals surface area contributed by atoms with Gasteiger partial charge in [-0.25, -0.2) is 16.8 Å². The highest BCUT2D eigenvalue weighted by atomic mass is 32.2. The zero-order chi connectivity index (χ0) is 34.3. The van der Waals surface area contributed by atoms with Crippen molar-refractivity contribution < 1.29 is 16.8 Å². The summed E-state index contributed by atoms with van der Waals surface area (Å²) in [6.07, 6.45) is 11.3. The van der Waals surface area contributed by atoms with Crippen LogP contribution in [0.3, 0.4) is 0 Å². The van der Waals surface area contributed by atoms with Gasteiger partial charge < -0.3 is 0 Å². The highest BCUT2D eigenvalue weighted by Gasteiger charge is 2.26. The van der Waals surface area contributed by atoms with Gasteiger partial charge in [-0.05, 0) is 66.1 Å². The summed E-state index contributed by atoms with van der Waals surface area (Å²) in [6, 6.07) is 32.2. The van der Waals surface area contributed by atoms with Gasteiger partial charge in [0.2, 0.25) is 20.0 Å². The third-order valence-corrected chi connectivity index (χ3v) is 11.5. The number of terminal acetylenes is 2. The zero-order valence-electron chi connectivity index (χ0n) is 26.7. The van der Waals surface area contributed by atoms with Gasteiger partial charge in [-0.15, -0.1) is 12.8 Å². The smallest absolute Gasteiger partial charge is 0.207 e. The van der Waals surface area contributed by atoms with Gasteiger partial charge in [0.1, 0.15) is 0 Å². The van der Waals surface area contributed by atoms with Crippen molar-refractivity contribution >= 4 is 30.8 Å². The van der Waals surface area contributed by atoms with Crippen molar-refractivity contribution in [2.75, 3.05) is 13.1 Å². The Hall–Kier alpha value is -5.14. The summed E-state index contributed by atoms with van der Waals surface area (Å²) in [5.41, 5.74) is 4.51. The Morgan fingerprint density at radius 2 is 1.06 bits per heavy atom. The summed E-state index contributed by atoms with van der Waals surface area (Å²) in [7, 11) is -7.81. The topological polar surface area (TPSA) is 74.8 Å². The minimum absolute atomic E-state index is 0.00163. The van der Waals surface area contributed by atoms with Crippen LogP contribution in [0.2, 0.25) is 0 Å². The van der Waals surface area contributed by atoms with Crippen LogP contribution < -0.4 is 0 Å². The molecule has 0 aliphatic rings. The summed E-state index contributed by atoms with van der Waals surface area (Å²) in [6.45, 7) is 3.55. The standard InChI is InChI=1S/C40H34N2O4S2/c1-5-27-41(47(43,44)37-22-15-31(3)16-23-37)29-35-13-8-7-11-33(35)21-26-40-36(20-19-34-12-9-10-14-39(34)40)30-42(28-6-2)48(45,46)38-24-17-32(4)18-25-38/h1-2,7-20,22-25H,27-30H2,3-4H3. The first-order valence-electron chi connectivity index (χ1n) is 15.2. The highest BCUT2D eigenvalue weighted by molar-refractivity contribution is 7.89. The van der Waals surface area contributed by atoms with Crippen molar-refractivity contribution in [2.45, 2.75) is 36.7 Å². The molecule has 0 saturated heterocycles. The molecule has 0 radical (unpaired) electrons. The molecule has 0 fully saturated rings. The Morgan fingerprint density at radius 1 is 0.562 bits per heavy atom. The summed E-state index contributed by atoms with van der Waals surface area (Å²) in [5, 5.41) is 1.79. The van der Waals surface area contributed by atoms with Gasteiger partial charge in [0.05, 0.1) is 22.9 Å². The molecule has 6 nitrogen and oxygen atoms in total. The Kier molecular flexibility index (Phi) is 10.5. The first kappa shape index (κ1) is 34.2. The lowest BCUT2D eigenvalue weighted by atomic mass is 9.98. The molecule has 0 N–H and O–H groups in total. The highest BCUT2D eigenvalue weighted by Crippen LogP contribution is 2.26. The second-order valence-electron chi connectivity index (χ2n) is 11.3. The number of aryl methyl sites for hydroxylation is 2. The minimum atomic E-state index is -3.92. The molecule has 0 saturated carbocycles. The van der Waals surface area contributed by atoms with E-state index in [9.17, 15) is 16.8 Å². The Morgan fingerprint density at radius 3 is 1.62 bits per heavy atom. The summed E-state index contributed by atoms with van der Waals surface area (Å²) >= 11 is 0. The second-order valence-corrected chi connectivity index (χ2v) is 15.2. The monoisotopic (exact) mass is 670 g/mol. The number of hydrogen-bond acceptors (Lipinski definition) is 4. The van der Waals surface area contributed by atoms with Gasteiger partial charge in [0.15, 0.2) is 0 Å². The molecule has 0 bridgehead atoms. The molecular formula is C40H34N2O4S2. The molecule has 0 spiro atoms. The molecule has 0 atom stereocenters. The van der Waals surface area contributed by atoms with Crippen LogP contribution in [-0.2, 0) is 33.1 Å². The molecular weight excluding hydrogens is 637 g/mol. The van der Waals surface area contributed by atoms with Crippen molar-refractivity contribution in [2.24, 2.45) is 0 Å². The molecule has 0 aromatic heterocycles. The van der Waals surface area contributed by atoms with E-state index in [2.05, 4.69) is 23.7 Å². The Balaban J connectivity index is 1.56. The number of fused-ring (bicyclic) bond motifs is 1. The van der Waals surface area contributed by atoms with Crippen molar-refractivity contribution in [3.05, 3.63) is 143 Å². The van der Waals surface area contributed by atoms with Crippen LogP contribution in [0.5, 0.6) is 0 Å². The predicted octanol–water partition coefficient (Wildman–Crippen LogP) is 6.50. The zero-order valence-corrected chi connectivity index (χ0v) is 28.4. The number of hydrogen-bond donors (Lipinski definition) is 0. The number of nitrogens with zero attached hydrogens (tertiary/aromatic N) is 2. The average molecular weight is 671 g/mol. The molecule has 8 heteroatoms. The van der Waals surface area contributed by atoms with Crippen LogP contribution in [0.25, 0.3) is 10.8 Å². The minimum Gasteiger partial charge on any atom is -0.207 e. The quantitative estimate of drug-likeness (QED) is 0.159. The maximum atomic E-state index is 13.7. The molecule has 240 valence electrons. The average Bonchev–Trinajstić information content (AvgIpc) is 3.08. The van der Waals surface area contributed by atoms with E-state index in [1.807, 2.05) is 74.5 Å². The first-order chi connectivity index (χ1) is 23.0. The van der Waals surface area contributed by atoms with Crippen LogP contribution in [0.15, 0.2) is 119 Å². The first-order valence-corrected chi connectivity index (χ1v) is 18.0. The molecule has 0 heterocycles. The number of rotatable bonds is 10. The van der Waals surface area contributed by atoms with E-state index in [1.54, 1.807) is 48.5 Å². The molecule has 0 aliphatic heterocycles. The van der Waals surface area contributed by atoms with Gasteiger partial charge in [-0.2, -0.15) is 8.61 Å². The molecule has 0 unspecified atom stereocenters. The van der Waals surface area contributed by atoms with Crippen LogP contribution in [0, 0.1) is 50.4 Å². The van der Waals surface area contributed by atoms with E-state index in [0.717, 1.165) is 21.9 Å². The Bertz CT molecular complexity index is 2320. The molecule has 5 aromatic carbocycles. The van der Waals surface area contributed by atoms with E-state index < -0.39 is 20.0 Å². The van der Waals surface area contributed by atoms with Crippen molar-refractivity contribution in [3.63, 3.8) is 0 Å². The molecule has 48 heavy (non-hydrogen) atoms. The lowest BCUT2D eigenvalue weighted by Crippen LogP contribution is -2.31. The number of benzene rings is 5. The predicted molar refractivity (Wildman–Crippen MR) is 192 cm³/mol. The normalized spacial score (nSPS) is 11.5. The van der Waals surface area contributed by atoms with Crippen LogP contribution in [-0.4, -0.2) is 38.5 Å². The van der Waals surface area contributed by atoms with E-state index in [-0.39, 0.29) is 36.0 Å². The maximum Gasteiger partial charge on any atom is 0.244 e. The van der Waals surface area contributed by atoms with Crippen LogP contribution in [0.1, 0.15) is 33.4 Å². The maximum absolute atomic E-state index is 13.7. The summed E-state index contributed by atoms with van der Waals surface area (Å²) in [4.78, 5) is 0.312. The molecule has 0 aliphatic carbocycles. The molecule has 0 amide bonds.